The van der Waals surface area contributed by atoms with Crippen LogP contribution in [0.1, 0.15) is 30.0 Å². The van der Waals surface area contributed by atoms with Gasteiger partial charge in [0.15, 0.2) is 0 Å². The molecular weight excluding hydrogens is 261 g/mol. The van der Waals surface area contributed by atoms with Crippen molar-refractivity contribution in [2.45, 2.75) is 33.7 Å². The summed E-state index contributed by atoms with van der Waals surface area (Å²) in [5, 5.41) is 13.3. The second-order valence-corrected chi connectivity index (χ2v) is 6.10. The fourth-order valence-corrected chi connectivity index (χ4v) is 2.70. The first-order valence-electron chi connectivity index (χ1n) is 6.36. The van der Waals surface area contributed by atoms with Crippen LogP contribution in [-0.4, -0.2) is 10.2 Å². The maximum absolute atomic E-state index is 13.1. The molecule has 0 radical (unpaired) electrons. The van der Waals surface area contributed by atoms with Crippen molar-refractivity contribution in [3.05, 3.63) is 40.2 Å². The van der Waals surface area contributed by atoms with Crippen molar-refractivity contribution in [2.24, 2.45) is 5.92 Å². The molecule has 2 aromatic rings. The summed E-state index contributed by atoms with van der Waals surface area (Å²) in [6.45, 7) is 6.73. The molecule has 0 bridgehead atoms. The third-order valence-electron chi connectivity index (χ3n) is 2.72. The fraction of sp³-hybridized carbons (Fsp3) is 0.429. The van der Waals surface area contributed by atoms with Crippen molar-refractivity contribution in [3.63, 3.8) is 0 Å². The lowest BCUT2D eigenvalue weighted by molar-refractivity contribution is 0.617. The molecule has 0 saturated heterocycles. The van der Waals surface area contributed by atoms with Gasteiger partial charge in [0.25, 0.3) is 0 Å². The first-order chi connectivity index (χ1) is 9.04. The molecule has 3 nitrogen and oxygen atoms in total. The number of aromatic nitrogens is 2. The van der Waals surface area contributed by atoms with Crippen molar-refractivity contribution >= 4 is 16.5 Å². The van der Waals surface area contributed by atoms with E-state index in [1.807, 2.05) is 6.07 Å². The maximum atomic E-state index is 13.1. The van der Waals surface area contributed by atoms with Crippen LogP contribution >= 0.6 is 11.3 Å². The van der Waals surface area contributed by atoms with Gasteiger partial charge in [-0.25, -0.2) is 4.39 Å². The summed E-state index contributed by atoms with van der Waals surface area (Å²) >= 11 is 1.58. The summed E-state index contributed by atoms with van der Waals surface area (Å²) in [6, 6.07) is 5.13. The van der Waals surface area contributed by atoms with Gasteiger partial charge in [0.05, 0.1) is 0 Å². The van der Waals surface area contributed by atoms with Crippen molar-refractivity contribution in [1.29, 1.82) is 0 Å². The Morgan fingerprint density at radius 1 is 1.32 bits per heavy atom. The van der Waals surface area contributed by atoms with E-state index in [1.165, 1.54) is 6.07 Å². The van der Waals surface area contributed by atoms with Crippen molar-refractivity contribution in [3.8, 4) is 0 Å². The average molecular weight is 279 g/mol. The quantitative estimate of drug-likeness (QED) is 0.904. The molecule has 0 aliphatic carbocycles. The van der Waals surface area contributed by atoms with Gasteiger partial charge in [-0.3, -0.25) is 0 Å². The lowest BCUT2D eigenvalue weighted by Crippen LogP contribution is -1.99. The Morgan fingerprint density at radius 3 is 2.79 bits per heavy atom. The molecular formula is C14H18FN3S. The van der Waals surface area contributed by atoms with E-state index in [-0.39, 0.29) is 5.82 Å². The number of nitrogens with zero attached hydrogens (tertiary/aromatic N) is 2. The van der Waals surface area contributed by atoms with Crippen LogP contribution in [0.25, 0.3) is 0 Å². The molecule has 0 spiro atoms. The van der Waals surface area contributed by atoms with Crippen LogP contribution < -0.4 is 5.32 Å². The van der Waals surface area contributed by atoms with Gasteiger partial charge in [0.2, 0.25) is 5.13 Å². The summed E-state index contributed by atoms with van der Waals surface area (Å²) < 4.78 is 13.1. The molecule has 0 unspecified atom stereocenters. The van der Waals surface area contributed by atoms with Crippen molar-refractivity contribution in [2.75, 3.05) is 5.32 Å². The van der Waals surface area contributed by atoms with Crippen molar-refractivity contribution < 1.29 is 4.39 Å². The van der Waals surface area contributed by atoms with Gasteiger partial charge in [0.1, 0.15) is 10.8 Å². The molecule has 0 saturated carbocycles. The third-order valence-corrected chi connectivity index (χ3v) is 3.62. The molecule has 0 aliphatic heterocycles. The number of anilines is 1. The lowest BCUT2D eigenvalue weighted by atomic mass is 10.1. The van der Waals surface area contributed by atoms with Crippen LogP contribution in [0.15, 0.2) is 18.2 Å². The summed E-state index contributed by atoms with van der Waals surface area (Å²) in [4.78, 5) is 0. The molecule has 5 heteroatoms. The SMILES string of the molecule is Cc1cc(CNc2nnc(CC(C)C)s2)ccc1F. The molecule has 102 valence electrons. The number of benzene rings is 1. The zero-order chi connectivity index (χ0) is 13.8. The summed E-state index contributed by atoms with van der Waals surface area (Å²) in [7, 11) is 0. The molecule has 0 aliphatic rings. The minimum absolute atomic E-state index is 0.168. The van der Waals surface area contributed by atoms with Gasteiger partial charge in [-0.1, -0.05) is 37.3 Å². The molecule has 1 aromatic heterocycles. The third kappa shape index (κ3) is 3.99. The van der Waals surface area contributed by atoms with E-state index >= 15 is 0 Å². The van der Waals surface area contributed by atoms with E-state index in [1.54, 1.807) is 24.3 Å². The van der Waals surface area contributed by atoms with Crippen molar-refractivity contribution in [1.82, 2.24) is 10.2 Å². The predicted octanol–water partition coefficient (Wildman–Crippen LogP) is 3.80. The Balaban J connectivity index is 1.94. The van der Waals surface area contributed by atoms with E-state index in [0.29, 0.717) is 18.0 Å². The fourth-order valence-electron chi connectivity index (χ4n) is 1.75. The molecule has 0 atom stereocenters. The number of aryl methyl sites for hydroxylation is 1. The molecule has 19 heavy (non-hydrogen) atoms. The van der Waals surface area contributed by atoms with Crippen LogP contribution in [0.4, 0.5) is 9.52 Å². The largest absolute Gasteiger partial charge is 0.356 e. The van der Waals surface area contributed by atoms with Crippen LogP contribution in [0, 0.1) is 18.7 Å². The van der Waals surface area contributed by atoms with E-state index < -0.39 is 0 Å². The topological polar surface area (TPSA) is 37.8 Å². The Kier molecular flexibility index (Phi) is 4.47. The number of hydrogen-bond acceptors (Lipinski definition) is 4. The Labute approximate surface area is 116 Å². The Bertz CT molecular complexity index is 551. The van der Waals surface area contributed by atoms with Gasteiger partial charge in [-0.2, -0.15) is 0 Å². The lowest BCUT2D eigenvalue weighted by Gasteiger charge is -2.04. The zero-order valence-corrected chi connectivity index (χ0v) is 12.2. The zero-order valence-electron chi connectivity index (χ0n) is 11.4. The minimum atomic E-state index is -0.168. The molecule has 1 N–H and O–H groups in total. The monoisotopic (exact) mass is 279 g/mol. The second kappa shape index (κ2) is 6.10. The summed E-state index contributed by atoms with van der Waals surface area (Å²) in [5.41, 5.74) is 1.71. The Hall–Kier alpha value is -1.49. The number of halogens is 1. The van der Waals surface area contributed by atoms with Crippen LogP contribution in [0.3, 0.4) is 0 Å². The van der Waals surface area contributed by atoms with Gasteiger partial charge >= 0.3 is 0 Å². The smallest absolute Gasteiger partial charge is 0.205 e. The highest BCUT2D eigenvalue weighted by atomic mass is 32.1. The predicted molar refractivity (Wildman–Crippen MR) is 76.9 cm³/mol. The van der Waals surface area contributed by atoms with Gasteiger partial charge < -0.3 is 5.32 Å². The van der Waals surface area contributed by atoms with Crippen LogP contribution in [0.5, 0.6) is 0 Å². The molecule has 0 amide bonds. The van der Waals surface area contributed by atoms with Gasteiger partial charge in [-0.05, 0) is 30.0 Å². The summed E-state index contributed by atoms with van der Waals surface area (Å²) in [5.74, 6) is 0.416. The molecule has 2 rings (SSSR count). The highest BCUT2D eigenvalue weighted by molar-refractivity contribution is 7.15. The molecule has 1 heterocycles. The molecule has 0 fully saturated rings. The van der Waals surface area contributed by atoms with E-state index in [9.17, 15) is 4.39 Å². The summed E-state index contributed by atoms with van der Waals surface area (Å²) in [6.07, 6.45) is 0.953. The highest BCUT2D eigenvalue weighted by Gasteiger charge is 2.06. The van der Waals surface area contributed by atoms with Crippen LogP contribution in [0.2, 0.25) is 0 Å². The average Bonchev–Trinajstić information content (AvgIpc) is 2.77. The number of nitrogens with one attached hydrogen (secondary N) is 1. The highest BCUT2D eigenvalue weighted by Crippen LogP contribution is 2.19. The van der Waals surface area contributed by atoms with E-state index in [2.05, 4.69) is 29.4 Å². The van der Waals surface area contributed by atoms with Gasteiger partial charge in [-0.15, -0.1) is 10.2 Å². The molecule has 1 aromatic carbocycles. The van der Waals surface area contributed by atoms with E-state index in [0.717, 1.165) is 22.1 Å². The Morgan fingerprint density at radius 2 is 2.11 bits per heavy atom. The van der Waals surface area contributed by atoms with Crippen LogP contribution in [-0.2, 0) is 13.0 Å². The normalized spacial score (nSPS) is 11.0. The first-order valence-corrected chi connectivity index (χ1v) is 7.17. The minimum Gasteiger partial charge on any atom is -0.356 e. The van der Waals surface area contributed by atoms with Gasteiger partial charge in [0, 0.05) is 13.0 Å². The van der Waals surface area contributed by atoms with E-state index in [4.69, 9.17) is 0 Å². The second-order valence-electron chi connectivity index (χ2n) is 5.04. The standard InChI is InChI=1S/C14H18FN3S/c1-9(2)6-13-17-18-14(19-13)16-8-11-4-5-12(15)10(3)7-11/h4-5,7,9H,6,8H2,1-3H3,(H,16,18). The maximum Gasteiger partial charge on any atom is 0.205 e. The number of rotatable bonds is 5. The number of hydrogen-bond donors (Lipinski definition) is 1. The first kappa shape index (κ1) is 13.9.